The molecule has 3 rings (SSSR count). The number of phenols is 1. The molecular weight excluding hydrogens is 298 g/mol. The van der Waals surface area contributed by atoms with Crippen molar-refractivity contribution in [2.24, 2.45) is 5.10 Å². The number of aromatic amines is 1. The third-order valence-corrected chi connectivity index (χ3v) is 3.31. The molecule has 7 nitrogen and oxygen atoms in total. The van der Waals surface area contributed by atoms with Crippen LogP contribution in [0.3, 0.4) is 0 Å². The van der Waals surface area contributed by atoms with Gasteiger partial charge in [-0.25, -0.2) is 4.79 Å². The topological polar surface area (TPSA) is 96.7 Å². The van der Waals surface area contributed by atoms with Crippen molar-refractivity contribution in [2.75, 3.05) is 7.11 Å². The lowest BCUT2D eigenvalue weighted by atomic mass is 10.2. The van der Waals surface area contributed by atoms with Gasteiger partial charge in [-0.2, -0.15) is 5.10 Å². The maximum Gasteiger partial charge on any atom is 0.349 e. The second-order valence-corrected chi connectivity index (χ2v) is 4.77. The van der Waals surface area contributed by atoms with Gasteiger partial charge in [-0.05, 0) is 35.9 Å². The number of aromatic nitrogens is 2. The van der Waals surface area contributed by atoms with Gasteiger partial charge in [-0.1, -0.05) is 12.1 Å². The van der Waals surface area contributed by atoms with E-state index < -0.39 is 11.2 Å². The number of nitrogens with zero attached hydrogens (tertiary/aromatic N) is 2. The highest BCUT2D eigenvalue weighted by atomic mass is 16.5. The molecule has 116 valence electrons. The summed E-state index contributed by atoms with van der Waals surface area (Å²) in [7, 11) is 1.43. The first-order chi connectivity index (χ1) is 11.1. The number of hydrogen-bond acceptors (Lipinski definition) is 5. The Morgan fingerprint density at radius 3 is 2.78 bits per heavy atom. The SMILES string of the molecule is COc1cc(C=Nn2c(=O)[nH]c3ccccc3c2=O)ccc1O. The highest BCUT2D eigenvalue weighted by Gasteiger charge is 2.06. The van der Waals surface area contributed by atoms with Crippen LogP contribution in [-0.4, -0.2) is 28.1 Å². The molecule has 3 aromatic rings. The van der Waals surface area contributed by atoms with Gasteiger partial charge in [-0.3, -0.25) is 4.79 Å². The smallest absolute Gasteiger partial charge is 0.349 e. The highest BCUT2D eigenvalue weighted by Crippen LogP contribution is 2.25. The van der Waals surface area contributed by atoms with E-state index >= 15 is 0 Å². The number of para-hydroxylation sites is 1. The van der Waals surface area contributed by atoms with Crippen molar-refractivity contribution in [3.05, 3.63) is 68.9 Å². The Kier molecular flexibility index (Phi) is 3.68. The van der Waals surface area contributed by atoms with Crippen LogP contribution in [-0.2, 0) is 0 Å². The van der Waals surface area contributed by atoms with Crippen LogP contribution >= 0.6 is 0 Å². The normalized spacial score (nSPS) is 11.2. The molecule has 0 aliphatic rings. The molecule has 0 bridgehead atoms. The van der Waals surface area contributed by atoms with Crippen molar-refractivity contribution in [1.82, 2.24) is 9.66 Å². The van der Waals surface area contributed by atoms with E-state index in [1.54, 1.807) is 36.4 Å². The van der Waals surface area contributed by atoms with Gasteiger partial charge in [0.25, 0.3) is 5.56 Å². The van der Waals surface area contributed by atoms with Crippen molar-refractivity contribution in [1.29, 1.82) is 0 Å². The summed E-state index contributed by atoms with van der Waals surface area (Å²) in [5.41, 5.74) is -0.110. The molecule has 0 radical (unpaired) electrons. The van der Waals surface area contributed by atoms with Crippen LogP contribution < -0.4 is 16.0 Å². The van der Waals surface area contributed by atoms with E-state index in [1.807, 2.05) is 0 Å². The fraction of sp³-hybridized carbons (Fsp3) is 0.0625. The van der Waals surface area contributed by atoms with Crippen molar-refractivity contribution >= 4 is 17.1 Å². The minimum Gasteiger partial charge on any atom is -0.504 e. The van der Waals surface area contributed by atoms with E-state index in [-0.39, 0.29) is 11.5 Å². The van der Waals surface area contributed by atoms with Gasteiger partial charge in [0, 0.05) is 0 Å². The number of rotatable bonds is 3. The molecule has 23 heavy (non-hydrogen) atoms. The van der Waals surface area contributed by atoms with E-state index in [1.165, 1.54) is 19.4 Å². The Bertz CT molecular complexity index is 1020. The number of nitrogens with one attached hydrogen (secondary N) is 1. The largest absolute Gasteiger partial charge is 0.504 e. The van der Waals surface area contributed by atoms with Gasteiger partial charge in [0.05, 0.1) is 24.2 Å². The summed E-state index contributed by atoms with van der Waals surface area (Å²) in [6.07, 6.45) is 1.34. The first-order valence-electron chi connectivity index (χ1n) is 6.75. The molecule has 0 atom stereocenters. The molecule has 0 fully saturated rings. The van der Waals surface area contributed by atoms with E-state index in [4.69, 9.17) is 4.74 Å². The molecule has 2 N–H and O–H groups in total. The predicted molar refractivity (Wildman–Crippen MR) is 86.5 cm³/mol. The highest BCUT2D eigenvalue weighted by molar-refractivity contribution is 5.81. The number of phenolic OH excluding ortho intramolecular Hbond substituents is 1. The summed E-state index contributed by atoms with van der Waals surface area (Å²) in [4.78, 5) is 26.9. The maximum absolute atomic E-state index is 12.3. The standard InChI is InChI=1S/C16H13N3O4/c1-23-14-8-10(6-7-13(14)20)9-17-19-15(21)11-4-2-3-5-12(11)18-16(19)22/h2-9,20H,1H3,(H,18,22). The first kappa shape index (κ1) is 14.6. The van der Waals surface area contributed by atoms with Crippen LogP contribution in [0.4, 0.5) is 0 Å². The lowest BCUT2D eigenvalue weighted by Crippen LogP contribution is -2.32. The van der Waals surface area contributed by atoms with Crippen molar-refractivity contribution in [2.45, 2.75) is 0 Å². The Balaban J connectivity index is 2.08. The molecule has 0 spiro atoms. The first-order valence-corrected chi connectivity index (χ1v) is 6.75. The number of methoxy groups -OCH3 is 1. The number of H-pyrrole nitrogens is 1. The van der Waals surface area contributed by atoms with Gasteiger partial charge in [0.2, 0.25) is 0 Å². The van der Waals surface area contributed by atoms with Crippen LogP contribution in [0.25, 0.3) is 10.9 Å². The zero-order valence-corrected chi connectivity index (χ0v) is 12.2. The average Bonchev–Trinajstić information content (AvgIpc) is 2.56. The Morgan fingerprint density at radius 2 is 2.00 bits per heavy atom. The molecule has 0 aliphatic carbocycles. The van der Waals surface area contributed by atoms with Gasteiger partial charge < -0.3 is 14.8 Å². The zero-order valence-electron chi connectivity index (χ0n) is 12.2. The molecule has 0 saturated carbocycles. The predicted octanol–water partition coefficient (Wildman–Crippen LogP) is 1.29. The van der Waals surface area contributed by atoms with E-state index in [0.717, 1.165) is 4.68 Å². The molecule has 2 aromatic carbocycles. The third kappa shape index (κ3) is 2.71. The number of ether oxygens (including phenoxy) is 1. The van der Waals surface area contributed by atoms with Gasteiger partial charge in [-0.15, -0.1) is 4.68 Å². The van der Waals surface area contributed by atoms with Crippen LogP contribution in [0.1, 0.15) is 5.56 Å². The summed E-state index contributed by atoms with van der Waals surface area (Å²) in [6, 6.07) is 11.3. The van der Waals surface area contributed by atoms with Crippen molar-refractivity contribution in [3.63, 3.8) is 0 Å². The van der Waals surface area contributed by atoms with Crippen LogP contribution in [0, 0.1) is 0 Å². The van der Waals surface area contributed by atoms with Crippen LogP contribution in [0.15, 0.2) is 57.2 Å². The third-order valence-electron chi connectivity index (χ3n) is 3.31. The molecule has 1 heterocycles. The van der Waals surface area contributed by atoms with Crippen LogP contribution in [0.5, 0.6) is 11.5 Å². The van der Waals surface area contributed by atoms with E-state index in [9.17, 15) is 14.7 Å². The Morgan fingerprint density at radius 1 is 1.22 bits per heavy atom. The Labute approximate surface area is 130 Å². The fourth-order valence-electron chi connectivity index (χ4n) is 2.16. The van der Waals surface area contributed by atoms with Crippen LogP contribution in [0.2, 0.25) is 0 Å². The summed E-state index contributed by atoms with van der Waals surface area (Å²) in [5, 5.41) is 13.8. The molecule has 0 unspecified atom stereocenters. The number of fused-ring (bicyclic) bond motifs is 1. The summed E-state index contributed by atoms with van der Waals surface area (Å²) < 4.78 is 5.75. The minimum absolute atomic E-state index is 0.00892. The quantitative estimate of drug-likeness (QED) is 0.712. The zero-order chi connectivity index (χ0) is 16.4. The number of aromatic hydroxyl groups is 1. The molecule has 1 aromatic heterocycles. The second-order valence-electron chi connectivity index (χ2n) is 4.77. The minimum atomic E-state index is -0.629. The van der Waals surface area contributed by atoms with Gasteiger partial charge >= 0.3 is 5.69 Å². The molecule has 7 heteroatoms. The summed E-state index contributed by atoms with van der Waals surface area (Å²) in [6.45, 7) is 0. The van der Waals surface area contributed by atoms with Crippen molar-refractivity contribution < 1.29 is 9.84 Å². The summed E-state index contributed by atoms with van der Waals surface area (Å²) in [5.74, 6) is 0.263. The lowest BCUT2D eigenvalue weighted by molar-refractivity contribution is 0.373. The van der Waals surface area contributed by atoms with Gasteiger partial charge in [0.1, 0.15) is 0 Å². The van der Waals surface area contributed by atoms with E-state index in [2.05, 4.69) is 10.1 Å². The molecule has 0 aliphatic heterocycles. The lowest BCUT2D eigenvalue weighted by Gasteiger charge is -2.04. The van der Waals surface area contributed by atoms with E-state index in [0.29, 0.717) is 16.5 Å². The average molecular weight is 311 g/mol. The molecule has 0 amide bonds. The molecular formula is C16H13N3O4. The second kappa shape index (κ2) is 5.80. The number of benzene rings is 2. The fourth-order valence-corrected chi connectivity index (χ4v) is 2.16. The van der Waals surface area contributed by atoms with Gasteiger partial charge in [0.15, 0.2) is 11.5 Å². The summed E-state index contributed by atoms with van der Waals surface area (Å²) >= 11 is 0. The Hall–Kier alpha value is -3.35. The monoisotopic (exact) mass is 311 g/mol. The van der Waals surface area contributed by atoms with Crippen molar-refractivity contribution in [3.8, 4) is 11.5 Å². The maximum atomic E-state index is 12.3. The molecule has 0 saturated heterocycles. The number of hydrogen-bond donors (Lipinski definition) is 2.